The summed E-state index contributed by atoms with van der Waals surface area (Å²) in [5, 5.41) is 3.06. The molecule has 0 aromatic heterocycles. The number of para-hydroxylation sites is 1. The Morgan fingerprint density at radius 1 is 0.974 bits per heavy atom. The van der Waals surface area contributed by atoms with E-state index in [1.807, 2.05) is 98.5 Å². The molecule has 1 amide bonds. The van der Waals surface area contributed by atoms with E-state index in [9.17, 15) is 14.4 Å². The molecule has 0 bridgehead atoms. The van der Waals surface area contributed by atoms with Crippen LogP contribution in [0.1, 0.15) is 42.3 Å². The Hall–Kier alpha value is -4.19. The highest BCUT2D eigenvalue weighted by molar-refractivity contribution is 6.17. The van der Waals surface area contributed by atoms with Crippen LogP contribution in [0.3, 0.4) is 0 Å². The first-order valence-corrected chi connectivity index (χ1v) is 12.9. The van der Waals surface area contributed by atoms with Crippen molar-refractivity contribution in [1.82, 2.24) is 0 Å². The lowest BCUT2D eigenvalue weighted by Crippen LogP contribution is -2.51. The van der Waals surface area contributed by atoms with E-state index < -0.39 is 28.8 Å². The minimum Gasteiger partial charge on any atom is -0.497 e. The van der Waals surface area contributed by atoms with Gasteiger partial charge in [-0.05, 0) is 29.8 Å². The largest absolute Gasteiger partial charge is 0.497 e. The summed E-state index contributed by atoms with van der Waals surface area (Å²) in [7, 11) is 1.61. The molecule has 3 aromatic rings. The summed E-state index contributed by atoms with van der Waals surface area (Å²) < 4.78 is 5.46. The first kappa shape index (κ1) is 24.2. The number of ether oxygens (including phenoxy) is 1. The number of methoxy groups -OCH3 is 1. The quantitative estimate of drug-likeness (QED) is 0.487. The highest BCUT2D eigenvalue weighted by atomic mass is 16.5. The van der Waals surface area contributed by atoms with Crippen LogP contribution < -0.4 is 15.0 Å². The minimum atomic E-state index is -1.29. The normalized spacial score (nSPS) is 25.0. The monoisotopic (exact) mass is 506 g/mol. The minimum absolute atomic E-state index is 0.0806. The molecule has 1 saturated heterocycles. The maximum Gasteiger partial charge on any atom is 0.238 e. The topological polar surface area (TPSA) is 75.7 Å². The average molecular weight is 507 g/mol. The van der Waals surface area contributed by atoms with Gasteiger partial charge in [0.15, 0.2) is 11.6 Å². The van der Waals surface area contributed by atoms with Gasteiger partial charge in [0, 0.05) is 27.9 Å². The fourth-order valence-electron chi connectivity index (χ4n) is 6.51. The lowest BCUT2D eigenvalue weighted by Gasteiger charge is -2.38. The highest BCUT2D eigenvalue weighted by Gasteiger charge is 2.70. The van der Waals surface area contributed by atoms with Gasteiger partial charge in [-0.2, -0.15) is 0 Å². The first-order valence-electron chi connectivity index (χ1n) is 12.9. The van der Waals surface area contributed by atoms with Crippen molar-refractivity contribution in [3.05, 3.63) is 95.6 Å². The molecule has 1 N–H and O–H groups in total. The van der Waals surface area contributed by atoms with Gasteiger partial charge in [-0.15, -0.1) is 0 Å². The van der Waals surface area contributed by atoms with Crippen LogP contribution in [0, 0.1) is 11.3 Å². The summed E-state index contributed by atoms with van der Waals surface area (Å²) in [5.41, 5.74) is 1.56. The molecule has 3 aliphatic heterocycles. The van der Waals surface area contributed by atoms with Gasteiger partial charge in [0.05, 0.1) is 19.1 Å². The number of amides is 1. The van der Waals surface area contributed by atoms with Gasteiger partial charge >= 0.3 is 0 Å². The average Bonchev–Trinajstić information content (AvgIpc) is 3.40. The summed E-state index contributed by atoms with van der Waals surface area (Å²) in [6, 6.07) is 20.8. The van der Waals surface area contributed by atoms with Crippen molar-refractivity contribution in [2.45, 2.75) is 38.3 Å². The number of rotatable bonds is 4. The van der Waals surface area contributed by atoms with Crippen molar-refractivity contribution in [3.63, 3.8) is 0 Å². The zero-order valence-electron chi connectivity index (χ0n) is 21.9. The summed E-state index contributed by atoms with van der Waals surface area (Å²) in [5.74, 6) is -0.794. The second-order valence-corrected chi connectivity index (χ2v) is 11.3. The molecule has 4 atom stereocenters. The predicted molar refractivity (Wildman–Crippen MR) is 148 cm³/mol. The van der Waals surface area contributed by atoms with Crippen LogP contribution in [0.15, 0.2) is 78.9 Å². The zero-order chi connectivity index (χ0) is 26.8. The number of Topliss-reactive ketones (excluding diaryl/α,β-unsaturated/α-hetero) is 2. The molecule has 3 heterocycles. The summed E-state index contributed by atoms with van der Waals surface area (Å²) in [6.45, 7) is 5.62. The molecule has 3 aromatic carbocycles. The van der Waals surface area contributed by atoms with Crippen molar-refractivity contribution >= 4 is 34.9 Å². The van der Waals surface area contributed by atoms with Gasteiger partial charge in [0.25, 0.3) is 0 Å². The van der Waals surface area contributed by atoms with E-state index in [-0.39, 0.29) is 17.5 Å². The third-order valence-corrected chi connectivity index (χ3v) is 8.19. The van der Waals surface area contributed by atoms with E-state index in [0.29, 0.717) is 17.0 Å². The van der Waals surface area contributed by atoms with E-state index >= 15 is 0 Å². The van der Waals surface area contributed by atoms with Crippen LogP contribution in [0.4, 0.5) is 11.4 Å². The molecule has 6 heteroatoms. The third kappa shape index (κ3) is 3.22. The Morgan fingerprint density at radius 3 is 2.39 bits per heavy atom. The first-order chi connectivity index (χ1) is 18.2. The Kier molecular flexibility index (Phi) is 5.35. The molecular formula is C32H30N2O4. The smallest absolute Gasteiger partial charge is 0.238 e. The van der Waals surface area contributed by atoms with Crippen LogP contribution in [0.2, 0.25) is 0 Å². The number of hydrogen-bond acceptors (Lipinski definition) is 5. The fraction of sp³-hybridized carbons (Fsp3) is 0.281. The van der Waals surface area contributed by atoms with Crippen LogP contribution in [0.25, 0.3) is 6.08 Å². The van der Waals surface area contributed by atoms with Crippen LogP contribution in [-0.4, -0.2) is 36.7 Å². The standard InChI is InChI=1S/C32H30N2O4/c1-31(2,3)29(36)27-26(28(35)19-10-6-5-7-11-19)32(22-12-8-9-13-23(22)33-30(32)37)25-17-14-20-18-21(38-4)15-16-24(20)34(25)27/h5-18,25-27H,1-4H3,(H,33,37)/t25-,26+,27+,32-/m0/s1. The molecule has 1 spiro atoms. The lowest BCUT2D eigenvalue weighted by molar-refractivity contribution is -0.128. The SMILES string of the molecule is COc1ccc2c(c1)C=C[C@@H]1N2[C@@H](C(=O)C(C)(C)C)[C@H](C(=O)c2ccccc2)[C@@]12C(=O)Nc1ccccc12. The molecule has 0 aliphatic carbocycles. The maximum atomic E-state index is 14.6. The van der Waals surface area contributed by atoms with E-state index in [4.69, 9.17) is 4.74 Å². The van der Waals surface area contributed by atoms with Crippen molar-refractivity contribution in [2.24, 2.45) is 11.3 Å². The summed E-state index contributed by atoms with van der Waals surface area (Å²) >= 11 is 0. The second-order valence-electron chi connectivity index (χ2n) is 11.3. The second kappa shape index (κ2) is 8.42. The van der Waals surface area contributed by atoms with Crippen molar-refractivity contribution in [2.75, 3.05) is 17.3 Å². The predicted octanol–water partition coefficient (Wildman–Crippen LogP) is 5.28. The van der Waals surface area contributed by atoms with Gasteiger partial charge < -0.3 is 15.0 Å². The Labute approximate surface area is 222 Å². The van der Waals surface area contributed by atoms with Gasteiger partial charge in [-0.3, -0.25) is 14.4 Å². The van der Waals surface area contributed by atoms with Crippen molar-refractivity contribution in [3.8, 4) is 5.75 Å². The van der Waals surface area contributed by atoms with Crippen LogP contribution in [-0.2, 0) is 15.0 Å². The van der Waals surface area contributed by atoms with E-state index in [1.165, 1.54) is 0 Å². The molecule has 6 nitrogen and oxygen atoms in total. The third-order valence-electron chi connectivity index (χ3n) is 8.19. The number of benzene rings is 3. The number of carbonyl (C=O) groups excluding carboxylic acids is 3. The Bertz CT molecular complexity index is 1500. The number of ketones is 2. The van der Waals surface area contributed by atoms with E-state index in [0.717, 1.165) is 16.8 Å². The molecule has 3 aliphatic rings. The molecule has 192 valence electrons. The molecular weight excluding hydrogens is 476 g/mol. The molecule has 38 heavy (non-hydrogen) atoms. The molecule has 1 fully saturated rings. The van der Waals surface area contributed by atoms with E-state index in [2.05, 4.69) is 5.32 Å². The molecule has 6 rings (SSSR count). The van der Waals surface area contributed by atoms with Crippen molar-refractivity contribution < 1.29 is 19.1 Å². The number of fused-ring (bicyclic) bond motifs is 6. The highest BCUT2D eigenvalue weighted by Crippen LogP contribution is 2.58. The molecule has 0 saturated carbocycles. The summed E-state index contributed by atoms with van der Waals surface area (Å²) in [6.07, 6.45) is 3.95. The number of nitrogens with one attached hydrogen (secondary N) is 1. The van der Waals surface area contributed by atoms with Crippen LogP contribution >= 0.6 is 0 Å². The Morgan fingerprint density at radius 2 is 1.68 bits per heavy atom. The molecule has 0 unspecified atom stereocenters. The van der Waals surface area contributed by atoms with Gasteiger partial charge in [0.2, 0.25) is 5.91 Å². The van der Waals surface area contributed by atoms with Gasteiger partial charge in [-0.1, -0.05) is 81.5 Å². The van der Waals surface area contributed by atoms with E-state index in [1.54, 1.807) is 19.2 Å². The summed E-state index contributed by atoms with van der Waals surface area (Å²) in [4.78, 5) is 45.2. The van der Waals surface area contributed by atoms with Gasteiger partial charge in [0.1, 0.15) is 17.2 Å². The number of nitrogens with zero attached hydrogens (tertiary/aromatic N) is 1. The van der Waals surface area contributed by atoms with Crippen molar-refractivity contribution in [1.29, 1.82) is 0 Å². The zero-order valence-corrected chi connectivity index (χ0v) is 21.9. The lowest BCUT2D eigenvalue weighted by atomic mass is 9.63. The maximum absolute atomic E-state index is 14.6. The number of carbonyl (C=O) groups is 3. The van der Waals surface area contributed by atoms with Gasteiger partial charge in [-0.25, -0.2) is 0 Å². The number of anilines is 2. The fourth-order valence-corrected chi connectivity index (χ4v) is 6.51. The molecule has 0 radical (unpaired) electrons. The van der Waals surface area contributed by atoms with Crippen LogP contribution in [0.5, 0.6) is 5.75 Å². The Balaban J connectivity index is 1.68. The number of hydrogen-bond donors (Lipinski definition) is 1.